The van der Waals surface area contributed by atoms with Crippen LogP contribution in [0, 0.1) is 0 Å². The van der Waals surface area contributed by atoms with E-state index >= 15 is 0 Å². The van der Waals surface area contributed by atoms with Crippen molar-refractivity contribution in [3.05, 3.63) is 53.6 Å². The summed E-state index contributed by atoms with van der Waals surface area (Å²) in [6.45, 7) is 0.0325. The summed E-state index contributed by atoms with van der Waals surface area (Å²) in [6.07, 6.45) is -4.41. The summed E-state index contributed by atoms with van der Waals surface area (Å²) in [5.74, 6) is 0.552. The lowest BCUT2D eigenvalue weighted by Crippen LogP contribution is -2.05. The molecule has 112 valence electrons. The second-order valence-electron chi connectivity index (χ2n) is 4.31. The summed E-state index contributed by atoms with van der Waals surface area (Å²) in [6, 6.07) is 9.09. The maximum atomic E-state index is 12.6. The summed E-state index contributed by atoms with van der Waals surface area (Å²) < 4.78 is 48.2. The summed E-state index contributed by atoms with van der Waals surface area (Å²) in [4.78, 5) is 0. The number of benzene rings is 2. The van der Waals surface area contributed by atoms with Gasteiger partial charge in [-0.2, -0.15) is 13.2 Å². The maximum Gasteiger partial charge on any atom is 0.416 e. The van der Waals surface area contributed by atoms with Crippen LogP contribution >= 0.6 is 0 Å². The molecule has 0 aromatic heterocycles. The zero-order chi connectivity index (χ0) is 15.5. The van der Waals surface area contributed by atoms with E-state index in [0.29, 0.717) is 11.3 Å². The van der Waals surface area contributed by atoms with Gasteiger partial charge in [0.15, 0.2) is 0 Å². The van der Waals surface area contributed by atoms with Crippen LogP contribution in [0.1, 0.15) is 11.1 Å². The number of aromatic hydroxyl groups is 1. The lowest BCUT2D eigenvalue weighted by Gasteiger charge is -2.12. The molecule has 0 aliphatic carbocycles. The van der Waals surface area contributed by atoms with E-state index in [1.807, 2.05) is 0 Å². The summed E-state index contributed by atoms with van der Waals surface area (Å²) >= 11 is 0. The number of ether oxygens (including phenoxy) is 2. The Morgan fingerprint density at radius 1 is 1.10 bits per heavy atom. The molecule has 0 aliphatic heterocycles. The van der Waals surface area contributed by atoms with E-state index in [0.717, 1.165) is 12.1 Å². The second kappa shape index (κ2) is 5.95. The molecule has 0 aliphatic rings. The van der Waals surface area contributed by atoms with Crippen molar-refractivity contribution in [2.75, 3.05) is 7.11 Å². The summed E-state index contributed by atoms with van der Waals surface area (Å²) in [5.41, 5.74) is -0.148. The molecule has 2 aromatic carbocycles. The Labute approximate surface area is 119 Å². The predicted octanol–water partition coefficient (Wildman–Crippen LogP) is 4.00. The molecule has 0 amide bonds. The minimum absolute atomic E-state index is 0.0325. The van der Waals surface area contributed by atoms with Gasteiger partial charge < -0.3 is 14.6 Å². The molecule has 0 spiro atoms. The van der Waals surface area contributed by atoms with Crippen LogP contribution in [0.3, 0.4) is 0 Å². The Kier molecular flexibility index (Phi) is 4.26. The minimum Gasteiger partial charge on any atom is -0.508 e. The van der Waals surface area contributed by atoms with Crippen LogP contribution in [-0.2, 0) is 12.8 Å². The van der Waals surface area contributed by atoms with Crippen LogP contribution in [0.4, 0.5) is 13.2 Å². The zero-order valence-electron chi connectivity index (χ0n) is 11.1. The number of hydrogen-bond donors (Lipinski definition) is 1. The average Bonchev–Trinajstić information content (AvgIpc) is 2.45. The zero-order valence-corrected chi connectivity index (χ0v) is 11.1. The second-order valence-corrected chi connectivity index (χ2v) is 4.31. The molecule has 2 aromatic rings. The van der Waals surface area contributed by atoms with Gasteiger partial charge in [0.05, 0.1) is 12.7 Å². The fraction of sp³-hybridized carbons (Fsp3) is 0.200. The first kappa shape index (κ1) is 15.0. The molecule has 1 N–H and O–H groups in total. The predicted molar refractivity (Wildman–Crippen MR) is 70.4 cm³/mol. The molecular weight excluding hydrogens is 285 g/mol. The van der Waals surface area contributed by atoms with Gasteiger partial charge in [0.1, 0.15) is 23.9 Å². The highest BCUT2D eigenvalue weighted by Gasteiger charge is 2.30. The van der Waals surface area contributed by atoms with Crippen LogP contribution in [-0.4, -0.2) is 12.2 Å². The number of phenols is 1. The number of hydrogen-bond acceptors (Lipinski definition) is 3. The molecule has 0 atom stereocenters. The van der Waals surface area contributed by atoms with Crippen molar-refractivity contribution in [2.45, 2.75) is 12.8 Å². The maximum absolute atomic E-state index is 12.6. The number of alkyl halides is 3. The molecule has 3 nitrogen and oxygen atoms in total. The SMILES string of the molecule is COc1cc(O)ccc1COc1cccc(C(F)(F)F)c1. The Hall–Kier alpha value is -2.37. The van der Waals surface area contributed by atoms with Crippen LogP contribution in [0.25, 0.3) is 0 Å². The number of halogens is 3. The topological polar surface area (TPSA) is 38.7 Å². The van der Waals surface area contributed by atoms with Crippen molar-refractivity contribution in [1.82, 2.24) is 0 Å². The number of methoxy groups -OCH3 is 1. The highest BCUT2D eigenvalue weighted by atomic mass is 19.4. The molecular formula is C15H13F3O3. The third kappa shape index (κ3) is 3.81. The van der Waals surface area contributed by atoms with Gasteiger partial charge in [0.2, 0.25) is 0 Å². The van der Waals surface area contributed by atoms with Crippen molar-refractivity contribution < 1.29 is 27.8 Å². The molecule has 6 heteroatoms. The van der Waals surface area contributed by atoms with Gasteiger partial charge in [-0.3, -0.25) is 0 Å². The van der Waals surface area contributed by atoms with Gasteiger partial charge >= 0.3 is 6.18 Å². The van der Waals surface area contributed by atoms with Gasteiger partial charge in [-0.25, -0.2) is 0 Å². The fourth-order valence-corrected chi connectivity index (χ4v) is 1.78. The Balaban J connectivity index is 2.13. The lowest BCUT2D eigenvalue weighted by atomic mass is 10.2. The lowest BCUT2D eigenvalue weighted by molar-refractivity contribution is -0.137. The van der Waals surface area contributed by atoms with Gasteiger partial charge in [-0.15, -0.1) is 0 Å². The third-order valence-corrected chi connectivity index (χ3v) is 2.83. The molecule has 0 unspecified atom stereocenters. The highest BCUT2D eigenvalue weighted by Crippen LogP contribution is 2.32. The Morgan fingerprint density at radius 2 is 1.86 bits per heavy atom. The standard InChI is InChI=1S/C15H13F3O3/c1-20-14-8-12(19)6-5-10(14)9-21-13-4-2-3-11(7-13)15(16,17)18/h2-8,19H,9H2,1H3. The minimum atomic E-state index is -4.41. The first-order valence-corrected chi connectivity index (χ1v) is 6.06. The molecule has 0 radical (unpaired) electrons. The summed E-state index contributed by atoms with van der Waals surface area (Å²) in [7, 11) is 1.43. The first-order chi connectivity index (χ1) is 9.90. The van der Waals surface area contributed by atoms with Gasteiger partial charge in [0.25, 0.3) is 0 Å². The van der Waals surface area contributed by atoms with E-state index in [9.17, 15) is 18.3 Å². The van der Waals surface area contributed by atoms with Crippen molar-refractivity contribution in [3.63, 3.8) is 0 Å². The van der Waals surface area contributed by atoms with Crippen molar-refractivity contribution in [2.24, 2.45) is 0 Å². The van der Waals surface area contributed by atoms with Crippen LogP contribution in [0.2, 0.25) is 0 Å². The molecule has 0 saturated heterocycles. The molecule has 0 saturated carbocycles. The molecule has 0 heterocycles. The van der Waals surface area contributed by atoms with Crippen molar-refractivity contribution in [1.29, 1.82) is 0 Å². The smallest absolute Gasteiger partial charge is 0.416 e. The fourth-order valence-electron chi connectivity index (χ4n) is 1.78. The normalized spacial score (nSPS) is 11.2. The largest absolute Gasteiger partial charge is 0.508 e. The summed E-state index contributed by atoms with van der Waals surface area (Å²) in [5, 5.41) is 9.33. The third-order valence-electron chi connectivity index (χ3n) is 2.83. The number of phenolic OH excluding ortho intramolecular Hbond substituents is 1. The van der Waals surface area contributed by atoms with Crippen LogP contribution in [0.15, 0.2) is 42.5 Å². The van der Waals surface area contributed by atoms with Gasteiger partial charge in [-0.05, 0) is 30.3 Å². The van der Waals surface area contributed by atoms with E-state index in [1.165, 1.54) is 31.4 Å². The van der Waals surface area contributed by atoms with E-state index in [2.05, 4.69) is 0 Å². The van der Waals surface area contributed by atoms with Gasteiger partial charge in [0, 0.05) is 11.6 Å². The monoisotopic (exact) mass is 298 g/mol. The van der Waals surface area contributed by atoms with E-state index in [-0.39, 0.29) is 18.1 Å². The average molecular weight is 298 g/mol. The van der Waals surface area contributed by atoms with Crippen LogP contribution < -0.4 is 9.47 Å². The van der Waals surface area contributed by atoms with Crippen LogP contribution in [0.5, 0.6) is 17.2 Å². The van der Waals surface area contributed by atoms with E-state index < -0.39 is 11.7 Å². The molecule has 21 heavy (non-hydrogen) atoms. The first-order valence-electron chi connectivity index (χ1n) is 6.06. The molecule has 2 rings (SSSR count). The molecule has 0 bridgehead atoms. The van der Waals surface area contributed by atoms with E-state index in [1.54, 1.807) is 6.07 Å². The van der Waals surface area contributed by atoms with E-state index in [4.69, 9.17) is 9.47 Å². The highest BCUT2D eigenvalue weighted by molar-refractivity contribution is 5.40. The molecule has 0 fully saturated rings. The number of rotatable bonds is 4. The Bertz CT molecular complexity index is 624. The van der Waals surface area contributed by atoms with Gasteiger partial charge in [-0.1, -0.05) is 6.07 Å². The van der Waals surface area contributed by atoms with Crippen molar-refractivity contribution in [3.8, 4) is 17.2 Å². The Morgan fingerprint density at radius 3 is 2.52 bits per heavy atom. The quantitative estimate of drug-likeness (QED) is 0.927. The van der Waals surface area contributed by atoms with Crippen molar-refractivity contribution >= 4 is 0 Å².